The van der Waals surface area contributed by atoms with Crippen LogP contribution < -0.4 is 5.32 Å². The molecule has 1 N–H and O–H groups in total. The summed E-state index contributed by atoms with van der Waals surface area (Å²) in [6, 6.07) is 12.4. The summed E-state index contributed by atoms with van der Waals surface area (Å²) in [6.45, 7) is 1.47. The van der Waals surface area contributed by atoms with E-state index in [-0.39, 0.29) is 11.7 Å². The molecule has 0 saturated carbocycles. The number of carbonyl (C=O) groups is 2. The molecule has 0 saturated heterocycles. The van der Waals surface area contributed by atoms with Gasteiger partial charge in [-0.3, -0.25) is 14.6 Å². The minimum absolute atomic E-state index is 0.0643. The van der Waals surface area contributed by atoms with Crippen molar-refractivity contribution in [2.75, 3.05) is 5.32 Å². The first-order chi connectivity index (χ1) is 10.6. The van der Waals surface area contributed by atoms with E-state index < -0.39 is 0 Å². The molecule has 22 heavy (non-hydrogen) atoms. The number of hydrogen-bond acceptors (Lipinski definition) is 4. The van der Waals surface area contributed by atoms with E-state index in [0.29, 0.717) is 16.9 Å². The molecule has 3 aromatic rings. The van der Waals surface area contributed by atoms with Gasteiger partial charge in [-0.1, -0.05) is 18.2 Å². The minimum atomic E-state index is -0.262. The fourth-order valence-corrected chi connectivity index (χ4v) is 2.15. The van der Waals surface area contributed by atoms with Crippen molar-refractivity contribution in [2.45, 2.75) is 6.92 Å². The second-order valence-electron chi connectivity index (χ2n) is 4.82. The molecule has 0 aliphatic rings. The van der Waals surface area contributed by atoms with Crippen LogP contribution in [0.4, 0.5) is 5.82 Å². The number of benzene rings is 1. The van der Waals surface area contributed by atoms with Crippen molar-refractivity contribution in [1.29, 1.82) is 0 Å². The Morgan fingerprint density at radius 3 is 2.55 bits per heavy atom. The van der Waals surface area contributed by atoms with Crippen molar-refractivity contribution in [3.63, 3.8) is 0 Å². The van der Waals surface area contributed by atoms with Crippen molar-refractivity contribution < 1.29 is 9.59 Å². The lowest BCUT2D eigenvalue weighted by molar-refractivity contribution is 0.101. The number of amides is 1. The standard InChI is InChI=1S/C17H13N3O2/c1-11(21)12-6-7-16(19-10-12)20-17(22)14-8-9-18-15-5-3-2-4-13(14)15/h2-10H,1H3,(H,19,20,22). The van der Waals surface area contributed by atoms with E-state index in [9.17, 15) is 9.59 Å². The molecule has 0 aliphatic carbocycles. The number of fused-ring (bicyclic) bond motifs is 1. The predicted molar refractivity (Wildman–Crippen MR) is 83.9 cm³/mol. The first kappa shape index (κ1) is 13.9. The number of rotatable bonds is 3. The Balaban J connectivity index is 1.89. The zero-order chi connectivity index (χ0) is 15.5. The van der Waals surface area contributed by atoms with Gasteiger partial charge >= 0.3 is 0 Å². The molecular weight excluding hydrogens is 278 g/mol. The summed E-state index contributed by atoms with van der Waals surface area (Å²) in [5.41, 5.74) is 1.80. The van der Waals surface area contributed by atoms with Crippen LogP contribution in [-0.4, -0.2) is 21.7 Å². The van der Waals surface area contributed by atoms with Crippen molar-refractivity contribution in [3.05, 3.63) is 66.0 Å². The second kappa shape index (κ2) is 5.73. The summed E-state index contributed by atoms with van der Waals surface area (Å²) < 4.78 is 0. The quantitative estimate of drug-likeness (QED) is 0.753. The Morgan fingerprint density at radius 1 is 1.00 bits per heavy atom. The number of nitrogens with one attached hydrogen (secondary N) is 1. The van der Waals surface area contributed by atoms with E-state index in [1.165, 1.54) is 13.1 Å². The maximum atomic E-state index is 12.4. The summed E-state index contributed by atoms with van der Waals surface area (Å²) in [4.78, 5) is 31.9. The average molecular weight is 291 g/mol. The van der Waals surface area contributed by atoms with Crippen molar-refractivity contribution in [3.8, 4) is 0 Å². The molecule has 0 spiro atoms. The third-order valence-corrected chi connectivity index (χ3v) is 3.31. The normalized spacial score (nSPS) is 10.4. The van der Waals surface area contributed by atoms with Gasteiger partial charge in [-0.15, -0.1) is 0 Å². The molecule has 3 rings (SSSR count). The number of hydrogen-bond donors (Lipinski definition) is 1. The molecule has 0 aliphatic heterocycles. The number of para-hydroxylation sites is 1. The Morgan fingerprint density at radius 2 is 1.82 bits per heavy atom. The zero-order valence-electron chi connectivity index (χ0n) is 11.9. The van der Waals surface area contributed by atoms with Crippen LogP contribution in [0.2, 0.25) is 0 Å². The Bertz CT molecular complexity index is 852. The van der Waals surface area contributed by atoms with E-state index in [4.69, 9.17) is 0 Å². The lowest BCUT2D eigenvalue weighted by Crippen LogP contribution is -2.13. The second-order valence-corrected chi connectivity index (χ2v) is 4.82. The van der Waals surface area contributed by atoms with Gasteiger partial charge in [0.25, 0.3) is 5.91 Å². The number of carbonyl (C=O) groups excluding carboxylic acids is 2. The number of Topliss-reactive ketones (excluding diaryl/α,β-unsaturated/α-hetero) is 1. The lowest BCUT2D eigenvalue weighted by Gasteiger charge is -2.07. The van der Waals surface area contributed by atoms with Crippen LogP contribution in [0.5, 0.6) is 0 Å². The molecular formula is C17H13N3O2. The highest BCUT2D eigenvalue weighted by Crippen LogP contribution is 2.17. The average Bonchev–Trinajstić information content (AvgIpc) is 2.54. The van der Waals surface area contributed by atoms with Crippen LogP contribution in [0.1, 0.15) is 27.6 Å². The molecule has 0 fully saturated rings. The van der Waals surface area contributed by atoms with Gasteiger partial charge in [0.1, 0.15) is 5.82 Å². The Labute approximate surface area is 127 Å². The molecule has 2 heterocycles. The molecule has 0 bridgehead atoms. The molecule has 5 heteroatoms. The molecule has 1 aromatic carbocycles. The minimum Gasteiger partial charge on any atom is -0.307 e. The van der Waals surface area contributed by atoms with Crippen LogP contribution in [0, 0.1) is 0 Å². The van der Waals surface area contributed by atoms with Crippen molar-refractivity contribution >= 4 is 28.4 Å². The SMILES string of the molecule is CC(=O)c1ccc(NC(=O)c2ccnc3ccccc23)nc1. The van der Waals surface area contributed by atoms with Gasteiger partial charge in [-0.25, -0.2) is 4.98 Å². The maximum Gasteiger partial charge on any atom is 0.257 e. The molecule has 1 amide bonds. The Hall–Kier alpha value is -3.08. The summed E-state index contributed by atoms with van der Waals surface area (Å²) in [5.74, 6) is 0.0723. The van der Waals surface area contributed by atoms with E-state index >= 15 is 0 Å². The number of aromatic nitrogens is 2. The number of ketones is 1. The molecule has 5 nitrogen and oxygen atoms in total. The first-order valence-corrected chi connectivity index (χ1v) is 6.77. The van der Waals surface area contributed by atoms with Gasteiger partial charge in [0.05, 0.1) is 11.1 Å². The maximum absolute atomic E-state index is 12.4. The molecule has 0 radical (unpaired) electrons. The van der Waals surface area contributed by atoms with Crippen LogP contribution in [0.15, 0.2) is 54.9 Å². The van der Waals surface area contributed by atoms with E-state index in [2.05, 4.69) is 15.3 Å². The molecule has 0 atom stereocenters. The van der Waals surface area contributed by atoms with Crippen molar-refractivity contribution in [1.82, 2.24) is 9.97 Å². The molecule has 108 valence electrons. The number of anilines is 1. The van der Waals surface area contributed by atoms with Crippen LogP contribution >= 0.6 is 0 Å². The van der Waals surface area contributed by atoms with Crippen LogP contribution in [0.3, 0.4) is 0 Å². The van der Waals surface area contributed by atoms with Gasteiger partial charge in [0.15, 0.2) is 5.78 Å². The smallest absolute Gasteiger partial charge is 0.257 e. The number of pyridine rings is 2. The highest BCUT2D eigenvalue weighted by atomic mass is 16.1. The van der Waals surface area contributed by atoms with E-state index in [0.717, 1.165) is 10.9 Å². The van der Waals surface area contributed by atoms with Crippen LogP contribution in [0.25, 0.3) is 10.9 Å². The van der Waals surface area contributed by atoms with Gasteiger partial charge in [0, 0.05) is 23.3 Å². The monoisotopic (exact) mass is 291 g/mol. The van der Waals surface area contributed by atoms with Gasteiger partial charge in [-0.05, 0) is 31.2 Å². The van der Waals surface area contributed by atoms with E-state index in [1.807, 2.05) is 24.3 Å². The third kappa shape index (κ3) is 2.69. The van der Waals surface area contributed by atoms with Crippen LogP contribution in [-0.2, 0) is 0 Å². The summed E-state index contributed by atoms with van der Waals surface area (Å²) in [7, 11) is 0. The zero-order valence-corrected chi connectivity index (χ0v) is 11.9. The predicted octanol–water partition coefficient (Wildman–Crippen LogP) is 3.08. The fourth-order valence-electron chi connectivity index (χ4n) is 2.15. The highest BCUT2D eigenvalue weighted by Gasteiger charge is 2.11. The molecule has 2 aromatic heterocycles. The van der Waals surface area contributed by atoms with E-state index in [1.54, 1.807) is 24.4 Å². The van der Waals surface area contributed by atoms with Crippen molar-refractivity contribution in [2.24, 2.45) is 0 Å². The fraction of sp³-hybridized carbons (Fsp3) is 0.0588. The highest BCUT2D eigenvalue weighted by molar-refractivity contribution is 6.12. The summed E-state index contributed by atoms with van der Waals surface area (Å²) >= 11 is 0. The third-order valence-electron chi connectivity index (χ3n) is 3.31. The topological polar surface area (TPSA) is 72.0 Å². The largest absolute Gasteiger partial charge is 0.307 e. The first-order valence-electron chi connectivity index (χ1n) is 6.77. The molecule has 0 unspecified atom stereocenters. The lowest BCUT2D eigenvalue weighted by atomic mass is 10.1. The summed E-state index contributed by atoms with van der Waals surface area (Å²) in [5, 5.41) is 3.51. The van der Waals surface area contributed by atoms with Gasteiger partial charge < -0.3 is 5.32 Å². The number of nitrogens with zero attached hydrogens (tertiary/aromatic N) is 2. The van der Waals surface area contributed by atoms with Gasteiger partial charge in [-0.2, -0.15) is 0 Å². The Kier molecular flexibility index (Phi) is 3.62. The summed E-state index contributed by atoms with van der Waals surface area (Å²) in [6.07, 6.45) is 3.05. The van der Waals surface area contributed by atoms with Gasteiger partial charge in [0.2, 0.25) is 0 Å².